The maximum absolute atomic E-state index is 11.1. The van der Waals surface area contributed by atoms with Crippen molar-refractivity contribution in [3.8, 4) is 5.75 Å². The van der Waals surface area contributed by atoms with Crippen LogP contribution in [-0.4, -0.2) is 34.4 Å². The first-order valence-corrected chi connectivity index (χ1v) is 6.30. The van der Waals surface area contributed by atoms with Crippen LogP contribution in [0.25, 0.3) is 0 Å². The van der Waals surface area contributed by atoms with Crippen molar-refractivity contribution in [1.82, 2.24) is 10.2 Å². The van der Waals surface area contributed by atoms with Gasteiger partial charge in [-0.15, -0.1) is 10.2 Å². The Morgan fingerprint density at radius 2 is 2.15 bits per heavy atom. The molecule has 3 rings (SSSR count). The summed E-state index contributed by atoms with van der Waals surface area (Å²) in [5.41, 5.74) is 0.757. The number of fused-ring (bicyclic) bond motifs is 1. The second kappa shape index (κ2) is 4.97. The average Bonchev–Trinajstić information content (AvgIpc) is 2.47. The van der Waals surface area contributed by atoms with Crippen molar-refractivity contribution in [3.63, 3.8) is 0 Å². The van der Waals surface area contributed by atoms with Gasteiger partial charge in [0.2, 0.25) is 0 Å². The molecular formula is C13H10ClN3O3. The minimum atomic E-state index is -1.13. The van der Waals surface area contributed by atoms with Gasteiger partial charge >= 0.3 is 5.97 Å². The van der Waals surface area contributed by atoms with E-state index < -0.39 is 5.97 Å². The summed E-state index contributed by atoms with van der Waals surface area (Å²) >= 11 is 5.73. The minimum Gasteiger partial charge on any atom is -0.490 e. The molecule has 2 aromatic rings. The number of hydrogen-bond donors (Lipinski definition) is 1. The van der Waals surface area contributed by atoms with E-state index in [4.69, 9.17) is 21.4 Å². The van der Waals surface area contributed by atoms with E-state index in [0.717, 1.165) is 11.4 Å². The van der Waals surface area contributed by atoms with E-state index in [2.05, 4.69) is 10.2 Å². The van der Waals surface area contributed by atoms with Gasteiger partial charge in [0.1, 0.15) is 17.9 Å². The second-order valence-corrected chi connectivity index (χ2v) is 4.54. The molecule has 1 aromatic carbocycles. The number of carboxylic acids is 1. The summed E-state index contributed by atoms with van der Waals surface area (Å²) in [6, 6.07) is 8.90. The molecule has 20 heavy (non-hydrogen) atoms. The fourth-order valence-electron chi connectivity index (χ4n) is 2.06. The highest BCUT2D eigenvalue weighted by Crippen LogP contribution is 2.35. The standard InChI is InChI=1S/C13H10ClN3O3/c14-12-8(13(18)19)7-11(15-16-12)17-5-6-20-10-4-2-1-3-9(10)17/h1-4,7H,5-6H2,(H,18,19). The van der Waals surface area contributed by atoms with Crippen LogP contribution in [0.5, 0.6) is 5.75 Å². The Morgan fingerprint density at radius 1 is 1.35 bits per heavy atom. The molecule has 0 atom stereocenters. The van der Waals surface area contributed by atoms with Crippen LogP contribution in [0.4, 0.5) is 11.5 Å². The van der Waals surface area contributed by atoms with E-state index in [1.54, 1.807) is 0 Å². The van der Waals surface area contributed by atoms with Gasteiger partial charge in [-0.3, -0.25) is 0 Å². The number of rotatable bonds is 2. The molecule has 0 radical (unpaired) electrons. The van der Waals surface area contributed by atoms with E-state index in [1.165, 1.54) is 6.07 Å². The van der Waals surface area contributed by atoms with Crippen molar-refractivity contribution >= 4 is 29.1 Å². The number of hydrogen-bond acceptors (Lipinski definition) is 5. The fraction of sp³-hybridized carbons (Fsp3) is 0.154. The van der Waals surface area contributed by atoms with Crippen LogP contribution in [0, 0.1) is 0 Å². The smallest absolute Gasteiger partial charge is 0.339 e. The molecule has 0 unspecified atom stereocenters. The third-order valence-corrected chi connectivity index (χ3v) is 3.25. The fourth-order valence-corrected chi connectivity index (χ4v) is 2.23. The van der Waals surface area contributed by atoms with Crippen molar-refractivity contribution in [2.24, 2.45) is 0 Å². The Labute approximate surface area is 119 Å². The zero-order chi connectivity index (χ0) is 14.1. The third kappa shape index (κ3) is 2.14. The van der Waals surface area contributed by atoms with Gasteiger partial charge in [-0.25, -0.2) is 4.79 Å². The van der Waals surface area contributed by atoms with Crippen molar-refractivity contribution in [1.29, 1.82) is 0 Å². The molecule has 0 bridgehead atoms. The second-order valence-electron chi connectivity index (χ2n) is 4.18. The van der Waals surface area contributed by atoms with Crippen LogP contribution in [0.2, 0.25) is 5.15 Å². The highest BCUT2D eigenvalue weighted by atomic mass is 35.5. The molecule has 0 saturated carbocycles. The summed E-state index contributed by atoms with van der Waals surface area (Å²) in [4.78, 5) is 13.0. The Balaban J connectivity index is 2.07. The lowest BCUT2D eigenvalue weighted by Crippen LogP contribution is -2.29. The van der Waals surface area contributed by atoms with Gasteiger partial charge in [0, 0.05) is 6.07 Å². The summed E-state index contributed by atoms with van der Waals surface area (Å²) in [5.74, 6) is 0.0302. The first-order chi connectivity index (χ1) is 9.66. The predicted molar refractivity (Wildman–Crippen MR) is 72.9 cm³/mol. The van der Waals surface area contributed by atoms with Crippen molar-refractivity contribution in [2.75, 3.05) is 18.1 Å². The number of para-hydroxylation sites is 2. The number of nitrogens with zero attached hydrogens (tertiary/aromatic N) is 3. The molecule has 1 aliphatic heterocycles. The summed E-state index contributed by atoms with van der Waals surface area (Å²) < 4.78 is 5.54. The average molecular weight is 292 g/mol. The van der Waals surface area contributed by atoms with E-state index in [0.29, 0.717) is 19.0 Å². The first kappa shape index (κ1) is 12.7. The van der Waals surface area contributed by atoms with Crippen LogP contribution in [0.1, 0.15) is 10.4 Å². The Hall–Kier alpha value is -2.34. The highest BCUT2D eigenvalue weighted by molar-refractivity contribution is 6.32. The van der Waals surface area contributed by atoms with E-state index in [-0.39, 0.29) is 10.7 Å². The van der Waals surface area contributed by atoms with Crippen LogP contribution in [0.3, 0.4) is 0 Å². The molecule has 1 N–H and O–H groups in total. The number of halogens is 1. The zero-order valence-electron chi connectivity index (χ0n) is 10.3. The molecular weight excluding hydrogens is 282 g/mol. The molecule has 0 spiro atoms. The molecule has 0 aliphatic carbocycles. The largest absolute Gasteiger partial charge is 0.490 e. The Bertz CT molecular complexity index is 678. The summed E-state index contributed by atoms with van der Waals surface area (Å²) in [6.45, 7) is 1.05. The number of benzene rings is 1. The van der Waals surface area contributed by atoms with Gasteiger partial charge < -0.3 is 14.7 Å². The minimum absolute atomic E-state index is 0.0689. The van der Waals surface area contributed by atoms with Crippen LogP contribution in [0.15, 0.2) is 30.3 Å². The van der Waals surface area contributed by atoms with E-state index >= 15 is 0 Å². The van der Waals surface area contributed by atoms with Crippen LogP contribution in [-0.2, 0) is 0 Å². The topological polar surface area (TPSA) is 75.5 Å². The van der Waals surface area contributed by atoms with Gasteiger partial charge in [0.15, 0.2) is 11.0 Å². The summed E-state index contributed by atoms with van der Waals surface area (Å²) in [5, 5.41) is 16.6. The lowest BCUT2D eigenvalue weighted by atomic mass is 10.2. The number of carboxylic acid groups (broad SMARTS) is 1. The van der Waals surface area contributed by atoms with Crippen LogP contribution < -0.4 is 9.64 Å². The summed E-state index contributed by atoms with van der Waals surface area (Å²) in [7, 11) is 0. The predicted octanol–water partition coefficient (Wildman–Crippen LogP) is 2.36. The lowest BCUT2D eigenvalue weighted by Gasteiger charge is -2.30. The maximum Gasteiger partial charge on any atom is 0.339 e. The molecule has 7 heteroatoms. The van der Waals surface area contributed by atoms with Crippen molar-refractivity contribution in [2.45, 2.75) is 0 Å². The monoisotopic (exact) mass is 291 g/mol. The Kier molecular flexibility index (Phi) is 3.15. The van der Waals surface area contributed by atoms with Crippen LogP contribution >= 0.6 is 11.6 Å². The molecule has 0 amide bonds. The van der Waals surface area contributed by atoms with Gasteiger partial charge in [-0.05, 0) is 12.1 Å². The molecule has 1 aliphatic rings. The maximum atomic E-state index is 11.1. The number of aromatic carboxylic acids is 1. The molecule has 0 fully saturated rings. The zero-order valence-corrected chi connectivity index (χ0v) is 11.0. The SMILES string of the molecule is O=C(O)c1cc(N2CCOc3ccccc32)nnc1Cl. The molecule has 1 aromatic heterocycles. The van der Waals surface area contributed by atoms with Gasteiger partial charge in [0.25, 0.3) is 0 Å². The normalized spacial score (nSPS) is 13.6. The van der Waals surface area contributed by atoms with Gasteiger partial charge in [0.05, 0.1) is 12.2 Å². The molecule has 6 nitrogen and oxygen atoms in total. The van der Waals surface area contributed by atoms with Gasteiger partial charge in [-0.1, -0.05) is 23.7 Å². The van der Waals surface area contributed by atoms with E-state index in [1.807, 2.05) is 29.2 Å². The molecule has 0 saturated heterocycles. The van der Waals surface area contributed by atoms with Crippen molar-refractivity contribution in [3.05, 3.63) is 41.0 Å². The number of anilines is 2. The lowest BCUT2D eigenvalue weighted by molar-refractivity contribution is 0.0696. The number of aromatic nitrogens is 2. The third-order valence-electron chi connectivity index (χ3n) is 2.97. The number of carbonyl (C=O) groups is 1. The van der Waals surface area contributed by atoms with Crippen molar-refractivity contribution < 1.29 is 14.6 Å². The molecule has 102 valence electrons. The first-order valence-electron chi connectivity index (χ1n) is 5.92. The summed E-state index contributed by atoms with van der Waals surface area (Å²) in [6.07, 6.45) is 0. The molecule has 2 heterocycles. The quantitative estimate of drug-likeness (QED) is 0.915. The number of ether oxygens (including phenoxy) is 1. The van der Waals surface area contributed by atoms with Gasteiger partial charge in [-0.2, -0.15) is 0 Å². The highest BCUT2D eigenvalue weighted by Gasteiger charge is 2.22. The Morgan fingerprint density at radius 3 is 2.95 bits per heavy atom. The van der Waals surface area contributed by atoms with E-state index in [9.17, 15) is 4.79 Å².